The lowest BCUT2D eigenvalue weighted by Crippen LogP contribution is -2.29. The Morgan fingerprint density at radius 3 is 2.48 bits per heavy atom. The molecule has 3 rings (SSSR count). The number of benzene rings is 2. The molecule has 0 fully saturated rings. The van der Waals surface area contributed by atoms with Gasteiger partial charge in [0.1, 0.15) is 16.5 Å². The van der Waals surface area contributed by atoms with Crippen molar-refractivity contribution in [2.24, 2.45) is 0 Å². The average molecular weight is 381 g/mol. The summed E-state index contributed by atoms with van der Waals surface area (Å²) in [5.74, 6) is 0.787. The highest BCUT2D eigenvalue weighted by atomic mass is 32.1. The van der Waals surface area contributed by atoms with E-state index in [1.807, 2.05) is 68.7 Å². The minimum atomic E-state index is -0.0480. The van der Waals surface area contributed by atoms with Gasteiger partial charge in [-0.15, -0.1) is 11.3 Å². The summed E-state index contributed by atoms with van der Waals surface area (Å²) >= 11 is 1.48. The number of carbonyl (C=O) groups excluding carboxylic acids is 1. The number of thiazole rings is 1. The van der Waals surface area contributed by atoms with Gasteiger partial charge in [-0.2, -0.15) is 0 Å². The second-order valence-corrected chi connectivity index (χ2v) is 7.55. The number of rotatable bonds is 7. The van der Waals surface area contributed by atoms with E-state index in [1.165, 1.54) is 16.9 Å². The van der Waals surface area contributed by atoms with Crippen LogP contribution >= 0.6 is 11.3 Å². The van der Waals surface area contributed by atoms with Crippen molar-refractivity contribution < 1.29 is 9.53 Å². The summed E-state index contributed by atoms with van der Waals surface area (Å²) in [6.07, 6.45) is 0.976. The Balaban J connectivity index is 1.63. The van der Waals surface area contributed by atoms with Crippen molar-refractivity contribution in [1.82, 2.24) is 9.88 Å². The molecule has 0 N–H and O–H groups in total. The molecule has 0 saturated heterocycles. The zero-order valence-corrected chi connectivity index (χ0v) is 16.7. The van der Waals surface area contributed by atoms with Crippen LogP contribution in [0.3, 0.4) is 0 Å². The Morgan fingerprint density at radius 1 is 1.11 bits per heavy atom. The van der Waals surface area contributed by atoms with Gasteiger partial charge in [-0.1, -0.05) is 30.3 Å². The first-order valence-electron chi connectivity index (χ1n) is 9.05. The summed E-state index contributed by atoms with van der Waals surface area (Å²) in [7, 11) is 1.82. The fourth-order valence-corrected chi connectivity index (χ4v) is 3.49. The van der Waals surface area contributed by atoms with Gasteiger partial charge in [0.2, 0.25) is 0 Å². The van der Waals surface area contributed by atoms with Crippen LogP contribution in [-0.2, 0) is 6.42 Å². The Kier molecular flexibility index (Phi) is 6.24. The lowest BCUT2D eigenvalue weighted by molar-refractivity contribution is 0.0791. The summed E-state index contributed by atoms with van der Waals surface area (Å²) in [6.45, 7) is 4.67. The third-order valence-corrected chi connectivity index (χ3v) is 5.01. The Bertz CT molecular complexity index is 873. The SMILES string of the molecule is CC(C)Oc1ccc(-c2nc(C(=O)N(C)CCc3ccccc3)cs2)cc1. The van der Waals surface area contributed by atoms with Gasteiger partial charge in [0.05, 0.1) is 6.10 Å². The van der Waals surface area contributed by atoms with Crippen molar-refractivity contribution >= 4 is 17.2 Å². The molecule has 3 aromatic rings. The molecule has 1 amide bonds. The van der Waals surface area contributed by atoms with Crippen LogP contribution in [0.5, 0.6) is 5.75 Å². The zero-order valence-electron chi connectivity index (χ0n) is 15.9. The molecular formula is C22H24N2O2S. The molecule has 0 aliphatic carbocycles. The predicted molar refractivity (Wildman–Crippen MR) is 110 cm³/mol. The lowest BCUT2D eigenvalue weighted by atomic mass is 10.1. The maximum absolute atomic E-state index is 12.6. The summed E-state index contributed by atoms with van der Waals surface area (Å²) in [6, 6.07) is 18.0. The van der Waals surface area contributed by atoms with Gasteiger partial charge in [0.25, 0.3) is 5.91 Å². The molecule has 4 nitrogen and oxygen atoms in total. The number of hydrogen-bond donors (Lipinski definition) is 0. The van der Waals surface area contributed by atoms with Crippen LogP contribution in [0.1, 0.15) is 29.9 Å². The van der Waals surface area contributed by atoms with Crippen molar-refractivity contribution in [1.29, 1.82) is 0 Å². The van der Waals surface area contributed by atoms with E-state index in [2.05, 4.69) is 17.1 Å². The summed E-state index contributed by atoms with van der Waals surface area (Å²) in [5, 5.41) is 2.67. The number of ether oxygens (including phenoxy) is 1. The first-order valence-corrected chi connectivity index (χ1v) is 9.93. The number of nitrogens with zero attached hydrogens (tertiary/aromatic N) is 2. The number of aromatic nitrogens is 1. The minimum absolute atomic E-state index is 0.0480. The second-order valence-electron chi connectivity index (χ2n) is 6.69. The summed E-state index contributed by atoms with van der Waals surface area (Å²) in [4.78, 5) is 18.9. The molecule has 5 heteroatoms. The van der Waals surface area contributed by atoms with Gasteiger partial charge in [-0.25, -0.2) is 4.98 Å². The largest absolute Gasteiger partial charge is 0.491 e. The molecule has 0 spiro atoms. The van der Waals surface area contributed by atoms with E-state index >= 15 is 0 Å². The van der Waals surface area contributed by atoms with Gasteiger partial charge in [0, 0.05) is 24.5 Å². The first-order chi connectivity index (χ1) is 13.0. The van der Waals surface area contributed by atoms with E-state index in [0.717, 1.165) is 22.7 Å². The maximum Gasteiger partial charge on any atom is 0.273 e. The van der Waals surface area contributed by atoms with Crippen LogP contribution in [-0.4, -0.2) is 35.5 Å². The topological polar surface area (TPSA) is 42.4 Å². The number of hydrogen-bond acceptors (Lipinski definition) is 4. The van der Waals surface area contributed by atoms with Gasteiger partial charge in [-0.3, -0.25) is 4.79 Å². The van der Waals surface area contributed by atoms with E-state index < -0.39 is 0 Å². The molecule has 2 aromatic carbocycles. The number of carbonyl (C=O) groups is 1. The van der Waals surface area contributed by atoms with Crippen LogP contribution in [0.4, 0.5) is 0 Å². The third kappa shape index (κ3) is 5.17. The predicted octanol–water partition coefficient (Wildman–Crippen LogP) is 4.91. The van der Waals surface area contributed by atoms with Crippen molar-refractivity contribution in [3.8, 4) is 16.3 Å². The Hall–Kier alpha value is -2.66. The van der Waals surface area contributed by atoms with E-state index in [4.69, 9.17) is 4.74 Å². The fraction of sp³-hybridized carbons (Fsp3) is 0.273. The quantitative estimate of drug-likeness (QED) is 0.585. The molecule has 1 heterocycles. The van der Waals surface area contributed by atoms with Crippen LogP contribution < -0.4 is 4.74 Å². The zero-order chi connectivity index (χ0) is 19.2. The molecule has 0 aliphatic rings. The summed E-state index contributed by atoms with van der Waals surface area (Å²) < 4.78 is 5.67. The molecule has 0 aliphatic heterocycles. The van der Waals surface area contributed by atoms with Gasteiger partial charge < -0.3 is 9.64 Å². The van der Waals surface area contributed by atoms with Crippen molar-refractivity contribution in [3.05, 3.63) is 71.2 Å². The molecule has 0 atom stereocenters. The highest BCUT2D eigenvalue weighted by molar-refractivity contribution is 7.13. The highest BCUT2D eigenvalue weighted by Crippen LogP contribution is 2.26. The molecule has 0 unspecified atom stereocenters. The van der Waals surface area contributed by atoms with Crippen molar-refractivity contribution in [2.45, 2.75) is 26.4 Å². The molecule has 0 radical (unpaired) electrons. The standard InChI is InChI=1S/C22H24N2O2S/c1-16(2)26-19-11-9-18(10-12-19)21-23-20(15-27-21)22(25)24(3)14-13-17-7-5-4-6-8-17/h4-12,15-16H,13-14H2,1-3H3. The van der Waals surface area contributed by atoms with Crippen LogP contribution in [0, 0.1) is 0 Å². The normalized spacial score (nSPS) is 10.8. The van der Waals surface area contributed by atoms with Gasteiger partial charge >= 0.3 is 0 Å². The van der Waals surface area contributed by atoms with Crippen molar-refractivity contribution in [2.75, 3.05) is 13.6 Å². The second kappa shape index (κ2) is 8.82. The first kappa shape index (κ1) is 19.1. The van der Waals surface area contributed by atoms with E-state index in [1.54, 1.807) is 4.90 Å². The highest BCUT2D eigenvalue weighted by Gasteiger charge is 2.16. The molecule has 27 heavy (non-hydrogen) atoms. The monoisotopic (exact) mass is 380 g/mol. The van der Waals surface area contributed by atoms with Crippen molar-refractivity contribution in [3.63, 3.8) is 0 Å². The van der Waals surface area contributed by atoms with Gasteiger partial charge in [-0.05, 0) is 50.1 Å². The molecular weight excluding hydrogens is 356 g/mol. The molecule has 0 saturated carbocycles. The Labute approximate surface area is 164 Å². The maximum atomic E-state index is 12.6. The van der Waals surface area contributed by atoms with Crippen LogP contribution in [0.15, 0.2) is 60.0 Å². The summed E-state index contributed by atoms with van der Waals surface area (Å²) in [5.41, 5.74) is 2.70. The van der Waals surface area contributed by atoms with E-state index in [9.17, 15) is 4.79 Å². The van der Waals surface area contributed by atoms with E-state index in [-0.39, 0.29) is 12.0 Å². The molecule has 140 valence electrons. The van der Waals surface area contributed by atoms with E-state index in [0.29, 0.717) is 12.2 Å². The molecule has 1 aromatic heterocycles. The minimum Gasteiger partial charge on any atom is -0.491 e. The van der Waals surface area contributed by atoms with Crippen LogP contribution in [0.2, 0.25) is 0 Å². The smallest absolute Gasteiger partial charge is 0.273 e. The number of amides is 1. The molecule has 0 bridgehead atoms. The lowest BCUT2D eigenvalue weighted by Gasteiger charge is -2.15. The number of likely N-dealkylation sites (N-methyl/N-ethyl adjacent to an activating group) is 1. The fourth-order valence-electron chi connectivity index (χ4n) is 2.69. The Morgan fingerprint density at radius 2 is 1.81 bits per heavy atom. The van der Waals surface area contributed by atoms with Gasteiger partial charge in [0.15, 0.2) is 0 Å². The van der Waals surface area contributed by atoms with Crippen LogP contribution in [0.25, 0.3) is 10.6 Å². The third-order valence-electron chi connectivity index (χ3n) is 4.12. The average Bonchev–Trinajstić information content (AvgIpc) is 3.16.